The van der Waals surface area contributed by atoms with Crippen LogP contribution >= 0.6 is 0 Å². The second-order valence-electron chi connectivity index (χ2n) is 8.02. The number of benzene rings is 3. The number of hydrogen-bond donors (Lipinski definition) is 1. The van der Waals surface area contributed by atoms with E-state index in [1.54, 1.807) is 19.2 Å². The van der Waals surface area contributed by atoms with Crippen molar-refractivity contribution in [3.8, 4) is 17.2 Å². The summed E-state index contributed by atoms with van der Waals surface area (Å²) in [4.78, 5) is 12.5. The van der Waals surface area contributed by atoms with Crippen molar-refractivity contribution < 1.29 is 40.6 Å². The van der Waals surface area contributed by atoms with Gasteiger partial charge in [0.2, 0.25) is 5.91 Å². The Balaban J connectivity index is 1.89. The summed E-state index contributed by atoms with van der Waals surface area (Å²) in [5.41, 5.74) is -0.471. The van der Waals surface area contributed by atoms with Crippen LogP contribution in [0.5, 0.6) is 17.2 Å². The summed E-state index contributed by atoms with van der Waals surface area (Å²) < 4.78 is 83.4. The Morgan fingerprint density at radius 1 is 0.895 bits per heavy atom. The molecule has 3 aromatic carbocycles. The molecule has 3 aromatic rings. The Bertz CT molecular complexity index is 1360. The molecule has 0 unspecified atom stereocenters. The fourth-order valence-electron chi connectivity index (χ4n) is 3.58. The smallest absolute Gasteiger partial charge is 0.416 e. The van der Waals surface area contributed by atoms with Gasteiger partial charge in [-0.05, 0) is 54.4 Å². The maximum Gasteiger partial charge on any atom is 0.416 e. The maximum atomic E-state index is 13.6. The van der Waals surface area contributed by atoms with Gasteiger partial charge in [-0.25, -0.2) is 8.42 Å². The number of ether oxygens (including phenoxy) is 3. The Morgan fingerprint density at radius 3 is 2.18 bits per heavy atom. The molecule has 1 amide bonds. The zero-order chi connectivity index (χ0) is 27.9. The van der Waals surface area contributed by atoms with E-state index in [9.17, 15) is 26.4 Å². The minimum absolute atomic E-state index is 0.0986. The molecule has 3 rings (SSSR count). The molecule has 0 spiro atoms. The molecule has 1 N–H and O–H groups in total. The molecular weight excluding hydrogens is 525 g/mol. The zero-order valence-electron chi connectivity index (χ0n) is 20.9. The molecule has 0 heterocycles. The Hall–Kier alpha value is -3.93. The van der Waals surface area contributed by atoms with Gasteiger partial charge in [0.15, 0.2) is 11.5 Å². The van der Waals surface area contributed by atoms with Gasteiger partial charge < -0.3 is 19.5 Å². The predicted octanol–water partition coefficient (Wildman–Crippen LogP) is 4.29. The largest absolute Gasteiger partial charge is 0.497 e. The number of halogens is 3. The van der Waals surface area contributed by atoms with Crippen LogP contribution in [0.1, 0.15) is 11.1 Å². The number of hydrogen-bond acceptors (Lipinski definition) is 6. The Morgan fingerprint density at radius 2 is 1.58 bits per heavy atom. The highest BCUT2D eigenvalue weighted by molar-refractivity contribution is 7.92. The maximum absolute atomic E-state index is 13.6. The number of sulfonamides is 1. The minimum atomic E-state index is -4.71. The third kappa shape index (κ3) is 6.88. The quantitative estimate of drug-likeness (QED) is 0.382. The van der Waals surface area contributed by atoms with Crippen LogP contribution in [0, 0.1) is 0 Å². The molecule has 8 nitrogen and oxygen atoms in total. The van der Waals surface area contributed by atoms with Gasteiger partial charge in [-0.15, -0.1) is 0 Å². The number of carbonyl (C=O) groups is 1. The highest BCUT2D eigenvalue weighted by Crippen LogP contribution is 2.35. The molecule has 204 valence electrons. The van der Waals surface area contributed by atoms with E-state index < -0.39 is 34.2 Å². The lowest BCUT2D eigenvalue weighted by molar-refractivity contribution is -0.137. The van der Waals surface area contributed by atoms with E-state index >= 15 is 0 Å². The van der Waals surface area contributed by atoms with Gasteiger partial charge in [0.1, 0.15) is 12.3 Å². The van der Waals surface area contributed by atoms with Crippen LogP contribution in [0.15, 0.2) is 71.6 Å². The van der Waals surface area contributed by atoms with Gasteiger partial charge in [0, 0.05) is 12.6 Å². The number of carbonyl (C=O) groups excluding carboxylic acids is 1. The molecular formula is C26H27F3N2O6S. The average Bonchev–Trinajstić information content (AvgIpc) is 2.91. The SMILES string of the molecule is COc1ccc(CCNC(=O)CN(c2cccc(C(F)(F)F)c2)S(=O)(=O)c2ccc(OC)c(OC)c2)cc1. The number of amides is 1. The summed E-state index contributed by atoms with van der Waals surface area (Å²) in [6, 6.07) is 14.7. The van der Waals surface area contributed by atoms with Gasteiger partial charge in [-0.3, -0.25) is 9.10 Å². The van der Waals surface area contributed by atoms with Crippen molar-refractivity contribution in [2.75, 3.05) is 38.7 Å². The van der Waals surface area contributed by atoms with Crippen LogP contribution in [-0.2, 0) is 27.4 Å². The molecule has 0 bridgehead atoms. The van der Waals surface area contributed by atoms with Crippen molar-refractivity contribution in [2.45, 2.75) is 17.5 Å². The van der Waals surface area contributed by atoms with E-state index in [1.807, 2.05) is 12.1 Å². The lowest BCUT2D eigenvalue weighted by Gasteiger charge is -2.25. The molecule has 0 saturated heterocycles. The summed E-state index contributed by atoms with van der Waals surface area (Å²) in [6.45, 7) is -0.571. The molecule has 0 aliphatic carbocycles. The van der Waals surface area contributed by atoms with Crippen LogP contribution in [0.4, 0.5) is 18.9 Å². The van der Waals surface area contributed by atoms with Gasteiger partial charge >= 0.3 is 6.18 Å². The summed E-state index contributed by atoms with van der Waals surface area (Å²) in [5, 5.41) is 2.63. The van der Waals surface area contributed by atoms with Crippen LogP contribution in [0.3, 0.4) is 0 Å². The average molecular weight is 553 g/mol. The Labute approximate surface area is 219 Å². The van der Waals surface area contributed by atoms with Crippen molar-refractivity contribution in [2.24, 2.45) is 0 Å². The molecule has 0 saturated carbocycles. The van der Waals surface area contributed by atoms with Crippen molar-refractivity contribution in [3.05, 3.63) is 77.9 Å². The van der Waals surface area contributed by atoms with Crippen molar-refractivity contribution >= 4 is 21.6 Å². The molecule has 0 aliphatic rings. The standard InChI is InChI=1S/C26H27F3N2O6S/c1-35-21-9-7-18(8-10-21)13-14-30-25(32)17-31(20-6-4-5-19(15-20)26(27,28)29)38(33,34)22-11-12-23(36-2)24(16-22)37-3/h4-12,15-16H,13-14,17H2,1-3H3,(H,30,32). The first kappa shape index (κ1) is 28.6. The molecule has 0 aromatic heterocycles. The minimum Gasteiger partial charge on any atom is -0.497 e. The second-order valence-corrected chi connectivity index (χ2v) is 9.89. The fraction of sp³-hybridized carbons (Fsp3) is 0.269. The molecule has 0 atom stereocenters. The first-order valence-electron chi connectivity index (χ1n) is 11.3. The van der Waals surface area contributed by atoms with Gasteiger partial charge in [-0.1, -0.05) is 18.2 Å². The van der Waals surface area contributed by atoms with E-state index in [1.165, 1.54) is 38.5 Å². The monoisotopic (exact) mass is 552 g/mol. The number of anilines is 1. The summed E-state index contributed by atoms with van der Waals surface area (Å²) >= 11 is 0. The third-order valence-corrected chi connectivity index (χ3v) is 7.36. The van der Waals surface area contributed by atoms with Crippen LogP contribution in [0.2, 0.25) is 0 Å². The van der Waals surface area contributed by atoms with Crippen molar-refractivity contribution in [3.63, 3.8) is 0 Å². The summed E-state index contributed by atoms with van der Waals surface area (Å²) in [6.07, 6.45) is -4.27. The van der Waals surface area contributed by atoms with E-state index in [-0.39, 0.29) is 28.6 Å². The highest BCUT2D eigenvalue weighted by Gasteiger charge is 2.33. The van der Waals surface area contributed by atoms with Gasteiger partial charge in [0.05, 0.1) is 37.5 Å². The van der Waals surface area contributed by atoms with E-state index in [0.29, 0.717) is 22.5 Å². The number of methoxy groups -OCH3 is 3. The van der Waals surface area contributed by atoms with Gasteiger partial charge in [0.25, 0.3) is 10.0 Å². The van der Waals surface area contributed by atoms with Gasteiger partial charge in [-0.2, -0.15) is 13.2 Å². The summed E-state index contributed by atoms with van der Waals surface area (Å²) in [5.74, 6) is 0.338. The zero-order valence-corrected chi connectivity index (χ0v) is 21.7. The summed E-state index contributed by atoms with van der Waals surface area (Å²) in [7, 11) is -0.268. The van der Waals surface area contributed by atoms with Crippen LogP contribution < -0.4 is 23.8 Å². The van der Waals surface area contributed by atoms with Crippen LogP contribution in [-0.4, -0.2) is 48.7 Å². The molecule has 38 heavy (non-hydrogen) atoms. The second kappa shape index (κ2) is 12.1. The lowest BCUT2D eigenvalue weighted by Crippen LogP contribution is -2.41. The Kier molecular flexibility index (Phi) is 9.10. The third-order valence-electron chi connectivity index (χ3n) is 5.59. The van der Waals surface area contributed by atoms with E-state index in [2.05, 4.69) is 5.32 Å². The molecule has 0 fully saturated rings. The number of alkyl halides is 3. The number of nitrogens with zero attached hydrogens (tertiary/aromatic N) is 1. The number of rotatable bonds is 11. The molecule has 0 radical (unpaired) electrons. The topological polar surface area (TPSA) is 94.2 Å². The molecule has 0 aliphatic heterocycles. The van der Waals surface area contributed by atoms with Crippen LogP contribution in [0.25, 0.3) is 0 Å². The van der Waals surface area contributed by atoms with Crippen molar-refractivity contribution in [1.29, 1.82) is 0 Å². The molecule has 12 heteroatoms. The fourth-order valence-corrected chi connectivity index (χ4v) is 5.01. The lowest BCUT2D eigenvalue weighted by atomic mass is 10.1. The van der Waals surface area contributed by atoms with E-state index in [4.69, 9.17) is 14.2 Å². The first-order chi connectivity index (χ1) is 18.0. The highest BCUT2D eigenvalue weighted by atomic mass is 32.2. The first-order valence-corrected chi connectivity index (χ1v) is 12.7. The predicted molar refractivity (Wildman–Crippen MR) is 135 cm³/mol. The number of nitrogens with one attached hydrogen (secondary N) is 1. The van der Waals surface area contributed by atoms with E-state index in [0.717, 1.165) is 17.7 Å². The van der Waals surface area contributed by atoms with Crippen molar-refractivity contribution in [1.82, 2.24) is 5.32 Å². The normalized spacial score (nSPS) is 11.5.